The van der Waals surface area contributed by atoms with E-state index in [1.807, 2.05) is 0 Å². The van der Waals surface area contributed by atoms with Gasteiger partial charge >= 0.3 is 11.9 Å². The number of carboxylic acids is 2. The van der Waals surface area contributed by atoms with Crippen molar-refractivity contribution in [2.24, 2.45) is 11.7 Å². The maximum Gasteiger partial charge on any atom is 0.326 e. The number of carboxylic acid groups (broad SMARTS) is 2. The maximum atomic E-state index is 13.4. The van der Waals surface area contributed by atoms with E-state index in [1.54, 1.807) is 44.2 Å². The number of hydrogen-bond donors (Lipinski definition) is 14. The largest absolute Gasteiger partial charge is 0.481 e. The molecule has 15 N–H and O–H groups in total. The van der Waals surface area contributed by atoms with Crippen LogP contribution >= 0.6 is 0 Å². The number of nitrogens with one attached hydrogen (secondary N) is 7. The smallest absolute Gasteiger partial charge is 0.326 e. The molecule has 11 unspecified atom stereocenters. The molecule has 0 fully saturated rings. The molecule has 1 aromatic rings. The van der Waals surface area contributed by atoms with Crippen LogP contribution in [0.2, 0.25) is 0 Å². The summed E-state index contributed by atoms with van der Waals surface area (Å²) in [5.41, 5.74) is 6.12. The zero-order valence-corrected chi connectivity index (χ0v) is 34.1. The molecule has 0 aromatic heterocycles. The summed E-state index contributed by atoms with van der Waals surface area (Å²) in [5.74, 6) is -10.9. The van der Waals surface area contributed by atoms with Crippen LogP contribution in [0.3, 0.4) is 0 Å². The van der Waals surface area contributed by atoms with Crippen LogP contribution in [0.25, 0.3) is 0 Å². The highest BCUT2D eigenvalue weighted by Crippen LogP contribution is 2.08. The molecule has 0 radical (unpaired) electrons. The molecule has 11 atom stereocenters. The molecule has 0 aliphatic carbocycles. The molecule has 23 heteroatoms. The topological polar surface area (TPSA) is 385 Å². The number of hydrogen-bond acceptors (Lipinski definition) is 14. The number of aliphatic hydroxyl groups is 4. The van der Waals surface area contributed by atoms with Crippen LogP contribution in [0, 0.1) is 5.92 Å². The first kappa shape index (κ1) is 52.3. The standard InChI is InChI=1S/C37H58N8O15/c1-16(2)12-22(41-33(55)25(15-46)43-36(58)29(20(6)49)45-34(56)27(38)18(4)47)31(53)39-17(3)30(52)40-23(14-26(50)51)32(54)44-28(19(5)48)35(57)42-24(37(59)60)13-21-10-8-7-9-11-21/h7-11,16-20,22-25,27-29,46-49H,12-15,38H2,1-6H3,(H,39,53)(H,40,52)(H,41,55)(H,42,57)(H,43,58)(H,44,54)(H,45,56)(H,50,51)(H,59,60). The van der Waals surface area contributed by atoms with E-state index in [-0.39, 0.29) is 18.8 Å². The fourth-order valence-corrected chi connectivity index (χ4v) is 5.34. The second kappa shape index (κ2) is 25.0. The van der Waals surface area contributed by atoms with Crippen molar-refractivity contribution < 1.29 is 73.8 Å². The lowest BCUT2D eigenvalue weighted by Gasteiger charge is -2.28. The lowest BCUT2D eigenvalue weighted by Crippen LogP contribution is -2.62. The van der Waals surface area contributed by atoms with Gasteiger partial charge in [0.2, 0.25) is 41.4 Å². The van der Waals surface area contributed by atoms with Gasteiger partial charge in [0.15, 0.2) is 0 Å². The van der Waals surface area contributed by atoms with E-state index in [0.29, 0.717) is 5.56 Å². The van der Waals surface area contributed by atoms with E-state index in [9.17, 15) is 73.8 Å². The number of rotatable bonds is 25. The zero-order valence-electron chi connectivity index (χ0n) is 34.1. The number of amides is 7. The minimum Gasteiger partial charge on any atom is -0.481 e. The van der Waals surface area contributed by atoms with Gasteiger partial charge in [-0.2, -0.15) is 0 Å². The van der Waals surface area contributed by atoms with E-state index in [1.165, 1.54) is 6.92 Å². The first-order chi connectivity index (χ1) is 27.9. The van der Waals surface area contributed by atoms with Crippen molar-refractivity contribution in [1.82, 2.24) is 37.2 Å². The van der Waals surface area contributed by atoms with Gasteiger partial charge in [-0.3, -0.25) is 38.4 Å². The van der Waals surface area contributed by atoms with Gasteiger partial charge in [0.05, 0.1) is 31.3 Å². The Morgan fingerprint density at radius 2 is 1.00 bits per heavy atom. The van der Waals surface area contributed by atoms with Gasteiger partial charge in [-0.25, -0.2) is 4.79 Å². The second-order valence-corrected chi connectivity index (χ2v) is 14.6. The molecule has 1 rings (SSSR count). The number of nitrogens with two attached hydrogens (primary N) is 1. The summed E-state index contributed by atoms with van der Waals surface area (Å²) in [5, 5.41) is 74.5. The van der Waals surface area contributed by atoms with Gasteiger partial charge in [-0.05, 0) is 45.6 Å². The average molecular weight is 855 g/mol. The maximum absolute atomic E-state index is 13.4. The van der Waals surface area contributed by atoms with Gasteiger partial charge in [0.25, 0.3) is 0 Å². The summed E-state index contributed by atoms with van der Waals surface area (Å²) in [4.78, 5) is 115. The molecule has 0 heterocycles. The van der Waals surface area contributed by atoms with Crippen molar-refractivity contribution >= 4 is 53.3 Å². The Bertz CT molecular complexity index is 1660. The molecule has 336 valence electrons. The van der Waals surface area contributed by atoms with Crippen LogP contribution in [0.4, 0.5) is 0 Å². The molecule has 0 spiro atoms. The highest BCUT2D eigenvalue weighted by atomic mass is 16.4. The molecule has 0 bridgehead atoms. The lowest BCUT2D eigenvalue weighted by atomic mass is 10.0. The van der Waals surface area contributed by atoms with Crippen molar-refractivity contribution in [2.45, 2.75) is 127 Å². The molecular weight excluding hydrogens is 796 g/mol. The highest BCUT2D eigenvalue weighted by molar-refractivity contribution is 5.98. The molecule has 0 saturated carbocycles. The third kappa shape index (κ3) is 17.6. The van der Waals surface area contributed by atoms with Crippen LogP contribution in [0.1, 0.15) is 59.9 Å². The second-order valence-electron chi connectivity index (χ2n) is 14.6. The monoisotopic (exact) mass is 854 g/mol. The molecule has 0 aliphatic heterocycles. The highest BCUT2D eigenvalue weighted by Gasteiger charge is 2.36. The first-order valence-corrected chi connectivity index (χ1v) is 18.9. The van der Waals surface area contributed by atoms with Gasteiger partial charge in [-0.15, -0.1) is 0 Å². The zero-order chi connectivity index (χ0) is 46.0. The predicted octanol–water partition coefficient (Wildman–Crippen LogP) is -5.29. The quantitative estimate of drug-likeness (QED) is 0.0437. The van der Waals surface area contributed by atoms with E-state index in [2.05, 4.69) is 37.2 Å². The molecule has 7 amide bonds. The van der Waals surface area contributed by atoms with E-state index >= 15 is 0 Å². The number of carbonyl (C=O) groups is 9. The van der Waals surface area contributed by atoms with Crippen LogP contribution in [0.5, 0.6) is 0 Å². The van der Waals surface area contributed by atoms with Gasteiger partial charge in [0.1, 0.15) is 48.3 Å². The molecule has 60 heavy (non-hydrogen) atoms. The molecule has 23 nitrogen and oxygen atoms in total. The number of benzene rings is 1. The average Bonchev–Trinajstić information content (AvgIpc) is 3.15. The summed E-state index contributed by atoms with van der Waals surface area (Å²) in [7, 11) is 0. The van der Waals surface area contributed by atoms with Crippen molar-refractivity contribution in [3.63, 3.8) is 0 Å². The predicted molar refractivity (Wildman–Crippen MR) is 209 cm³/mol. The molecule has 1 aromatic carbocycles. The Hall–Kier alpha value is -5.75. The van der Waals surface area contributed by atoms with E-state index in [4.69, 9.17) is 5.73 Å². The van der Waals surface area contributed by atoms with Crippen LogP contribution in [-0.2, 0) is 49.6 Å². The van der Waals surface area contributed by atoms with Gasteiger partial charge in [0, 0.05) is 6.42 Å². The summed E-state index contributed by atoms with van der Waals surface area (Å²) in [6.07, 6.45) is -5.73. The van der Waals surface area contributed by atoms with Gasteiger partial charge in [-0.1, -0.05) is 44.2 Å². The molecule has 0 saturated heterocycles. The van der Waals surface area contributed by atoms with Crippen molar-refractivity contribution in [2.75, 3.05) is 6.61 Å². The Kier molecular flexibility index (Phi) is 21.8. The molecular formula is C37H58N8O15. The summed E-state index contributed by atoms with van der Waals surface area (Å²) < 4.78 is 0. The van der Waals surface area contributed by atoms with Crippen molar-refractivity contribution in [1.29, 1.82) is 0 Å². The first-order valence-electron chi connectivity index (χ1n) is 18.9. The third-order valence-corrected chi connectivity index (χ3v) is 8.76. The van der Waals surface area contributed by atoms with Crippen molar-refractivity contribution in [3.8, 4) is 0 Å². The SMILES string of the molecule is CC(C)CC(NC(=O)C(CO)NC(=O)C(NC(=O)C(N)C(C)O)C(C)O)C(=O)NC(C)C(=O)NC(CC(=O)O)C(=O)NC(C(=O)NC(Cc1ccccc1)C(=O)O)C(C)O. The number of aliphatic carboxylic acids is 2. The Morgan fingerprint density at radius 3 is 1.45 bits per heavy atom. The van der Waals surface area contributed by atoms with E-state index < -0.39 is 133 Å². The Morgan fingerprint density at radius 1 is 0.550 bits per heavy atom. The summed E-state index contributed by atoms with van der Waals surface area (Å²) in [6.45, 7) is 6.97. The Labute approximate surface area is 345 Å². The number of aliphatic hydroxyl groups excluding tert-OH is 4. The minimum absolute atomic E-state index is 0.0531. The molecule has 0 aliphatic rings. The fraction of sp³-hybridized carbons (Fsp3) is 0.595. The van der Waals surface area contributed by atoms with Gasteiger partial charge < -0.3 is 73.6 Å². The van der Waals surface area contributed by atoms with Crippen LogP contribution in [-0.4, -0.2) is 157 Å². The van der Waals surface area contributed by atoms with Crippen molar-refractivity contribution in [3.05, 3.63) is 35.9 Å². The summed E-state index contributed by atoms with van der Waals surface area (Å²) in [6, 6.07) is -4.74. The minimum atomic E-state index is -1.89. The third-order valence-electron chi connectivity index (χ3n) is 8.76. The van der Waals surface area contributed by atoms with Crippen LogP contribution in [0.15, 0.2) is 30.3 Å². The number of carbonyl (C=O) groups excluding carboxylic acids is 7. The van der Waals surface area contributed by atoms with Crippen LogP contribution < -0.4 is 43.0 Å². The van der Waals surface area contributed by atoms with E-state index in [0.717, 1.165) is 20.8 Å². The normalized spacial score (nSPS) is 16.7. The Balaban J connectivity index is 3.10. The summed E-state index contributed by atoms with van der Waals surface area (Å²) >= 11 is 0. The fourth-order valence-electron chi connectivity index (χ4n) is 5.34. The lowest BCUT2D eigenvalue weighted by molar-refractivity contribution is -0.144.